The number of carbonyl (C=O) groups excluding carboxylic acids is 1. The van der Waals surface area contributed by atoms with Gasteiger partial charge in [-0.2, -0.15) is 5.10 Å². The highest BCUT2D eigenvalue weighted by Crippen LogP contribution is 2.26. The largest absolute Gasteiger partial charge is 0.481 e. The van der Waals surface area contributed by atoms with Gasteiger partial charge in [0.1, 0.15) is 0 Å². The van der Waals surface area contributed by atoms with Crippen LogP contribution < -0.4 is 5.32 Å². The second kappa shape index (κ2) is 8.21. The second-order valence-corrected chi connectivity index (χ2v) is 7.15. The first-order valence-corrected chi connectivity index (χ1v) is 9.33. The van der Waals surface area contributed by atoms with Gasteiger partial charge in [-0.25, -0.2) is 9.67 Å². The summed E-state index contributed by atoms with van der Waals surface area (Å²) in [7, 11) is 0. The Morgan fingerprint density at radius 3 is 2.54 bits per heavy atom. The van der Waals surface area contributed by atoms with Crippen LogP contribution in [0.4, 0.5) is 0 Å². The lowest BCUT2D eigenvalue weighted by atomic mass is 10.1. The summed E-state index contributed by atoms with van der Waals surface area (Å²) in [5.74, 6) is -1.14. The summed E-state index contributed by atoms with van der Waals surface area (Å²) >= 11 is 0. The molecule has 1 aromatic carbocycles. The normalized spacial score (nSPS) is 12.3. The van der Waals surface area contributed by atoms with Gasteiger partial charge in [-0.3, -0.25) is 9.59 Å². The fourth-order valence-electron chi connectivity index (χ4n) is 3.05. The van der Waals surface area contributed by atoms with E-state index in [1.807, 2.05) is 44.2 Å². The molecular formula is C21H24N4O3. The SMILES string of the molecule is CC(CCC(=O)O)NC(=O)c1cc(-c2ccccc2)nc2c1cnn2C(C)C. The highest BCUT2D eigenvalue weighted by Gasteiger charge is 2.19. The van der Waals surface area contributed by atoms with Crippen molar-refractivity contribution in [1.29, 1.82) is 0 Å². The van der Waals surface area contributed by atoms with Crippen LogP contribution in [0.25, 0.3) is 22.3 Å². The molecule has 2 heterocycles. The van der Waals surface area contributed by atoms with Gasteiger partial charge in [-0.1, -0.05) is 30.3 Å². The van der Waals surface area contributed by atoms with Gasteiger partial charge in [0.2, 0.25) is 0 Å². The van der Waals surface area contributed by atoms with Crippen LogP contribution in [-0.2, 0) is 4.79 Å². The highest BCUT2D eigenvalue weighted by molar-refractivity contribution is 6.06. The molecule has 1 unspecified atom stereocenters. The minimum absolute atomic E-state index is 0.00769. The topological polar surface area (TPSA) is 97.1 Å². The Hall–Kier alpha value is -3.22. The van der Waals surface area contributed by atoms with E-state index in [0.717, 1.165) is 5.56 Å². The predicted molar refractivity (Wildman–Crippen MR) is 107 cm³/mol. The quantitative estimate of drug-likeness (QED) is 0.652. The molecule has 3 aromatic rings. The smallest absolute Gasteiger partial charge is 0.303 e. The van der Waals surface area contributed by atoms with E-state index in [1.165, 1.54) is 0 Å². The zero-order chi connectivity index (χ0) is 20.3. The Morgan fingerprint density at radius 2 is 1.89 bits per heavy atom. The van der Waals surface area contributed by atoms with Crippen LogP contribution in [0.1, 0.15) is 50.0 Å². The number of aliphatic carboxylic acids is 1. The zero-order valence-corrected chi connectivity index (χ0v) is 16.2. The molecule has 7 heteroatoms. The third kappa shape index (κ3) is 4.19. The molecule has 0 saturated carbocycles. The van der Waals surface area contributed by atoms with E-state index in [2.05, 4.69) is 10.4 Å². The van der Waals surface area contributed by atoms with Crippen LogP contribution in [0.15, 0.2) is 42.6 Å². The summed E-state index contributed by atoms with van der Waals surface area (Å²) in [5.41, 5.74) is 2.74. The minimum Gasteiger partial charge on any atom is -0.481 e. The lowest BCUT2D eigenvalue weighted by molar-refractivity contribution is -0.137. The molecule has 0 saturated heterocycles. The van der Waals surface area contributed by atoms with Gasteiger partial charge in [-0.15, -0.1) is 0 Å². The molecule has 3 rings (SSSR count). The summed E-state index contributed by atoms with van der Waals surface area (Å²) < 4.78 is 1.80. The number of hydrogen-bond acceptors (Lipinski definition) is 4. The first kappa shape index (κ1) is 19.5. The van der Waals surface area contributed by atoms with E-state index in [-0.39, 0.29) is 24.4 Å². The van der Waals surface area contributed by atoms with Gasteiger partial charge >= 0.3 is 5.97 Å². The number of fused-ring (bicyclic) bond motifs is 1. The lowest BCUT2D eigenvalue weighted by Gasteiger charge is -2.14. The second-order valence-electron chi connectivity index (χ2n) is 7.15. The maximum atomic E-state index is 13.0. The monoisotopic (exact) mass is 380 g/mol. The first-order chi connectivity index (χ1) is 13.4. The van der Waals surface area contributed by atoms with Gasteiger partial charge in [0.15, 0.2) is 5.65 Å². The molecule has 0 spiro atoms. The first-order valence-electron chi connectivity index (χ1n) is 9.33. The molecule has 2 N–H and O–H groups in total. The predicted octanol–water partition coefficient (Wildman–Crippen LogP) is 3.66. The average molecular weight is 380 g/mol. The van der Waals surface area contributed by atoms with Crippen molar-refractivity contribution in [3.63, 3.8) is 0 Å². The van der Waals surface area contributed by atoms with Crippen molar-refractivity contribution in [2.75, 3.05) is 0 Å². The van der Waals surface area contributed by atoms with E-state index in [0.29, 0.717) is 28.7 Å². The maximum Gasteiger partial charge on any atom is 0.303 e. The van der Waals surface area contributed by atoms with Crippen LogP contribution >= 0.6 is 0 Å². The Kier molecular flexibility index (Phi) is 5.73. The van der Waals surface area contributed by atoms with Crippen molar-refractivity contribution < 1.29 is 14.7 Å². The summed E-state index contributed by atoms with van der Waals surface area (Å²) in [4.78, 5) is 28.5. The highest BCUT2D eigenvalue weighted by atomic mass is 16.4. The number of aromatic nitrogens is 3. The van der Waals surface area contributed by atoms with Crippen molar-refractivity contribution >= 4 is 22.9 Å². The standard InChI is InChI=1S/C21H24N4O3/c1-13(2)25-20-17(12-22-25)16(21(28)23-14(3)9-10-19(26)27)11-18(24-20)15-7-5-4-6-8-15/h4-8,11-14H,9-10H2,1-3H3,(H,23,28)(H,26,27). The van der Waals surface area contributed by atoms with E-state index < -0.39 is 5.97 Å². The van der Waals surface area contributed by atoms with Crippen LogP contribution in [-0.4, -0.2) is 37.8 Å². The molecular weight excluding hydrogens is 356 g/mol. The minimum atomic E-state index is -0.878. The number of hydrogen-bond donors (Lipinski definition) is 2. The van der Waals surface area contributed by atoms with Crippen LogP contribution in [0.3, 0.4) is 0 Å². The van der Waals surface area contributed by atoms with Crippen molar-refractivity contribution in [1.82, 2.24) is 20.1 Å². The third-order valence-corrected chi connectivity index (χ3v) is 4.54. The number of nitrogens with zero attached hydrogens (tertiary/aromatic N) is 3. The summed E-state index contributed by atoms with van der Waals surface area (Å²) in [6, 6.07) is 11.3. The molecule has 0 bridgehead atoms. The molecule has 0 aliphatic heterocycles. The number of rotatable bonds is 7. The van der Waals surface area contributed by atoms with Crippen LogP contribution in [0.2, 0.25) is 0 Å². The Labute approximate surface area is 163 Å². The molecule has 0 radical (unpaired) electrons. The summed E-state index contributed by atoms with van der Waals surface area (Å²) in [5, 5.41) is 16.8. The number of carboxylic acid groups (broad SMARTS) is 1. The summed E-state index contributed by atoms with van der Waals surface area (Å²) in [6.07, 6.45) is 2.04. The number of amides is 1. The molecule has 0 aliphatic carbocycles. The Morgan fingerprint density at radius 1 is 1.18 bits per heavy atom. The Balaban J connectivity index is 2.02. The molecule has 0 fully saturated rings. The lowest BCUT2D eigenvalue weighted by Crippen LogP contribution is -2.33. The van der Waals surface area contributed by atoms with Crippen molar-refractivity contribution in [2.45, 2.75) is 45.7 Å². The van der Waals surface area contributed by atoms with E-state index >= 15 is 0 Å². The van der Waals surface area contributed by atoms with E-state index in [4.69, 9.17) is 10.1 Å². The van der Waals surface area contributed by atoms with Gasteiger partial charge < -0.3 is 10.4 Å². The van der Waals surface area contributed by atoms with Gasteiger partial charge in [-0.05, 0) is 33.3 Å². The molecule has 2 aromatic heterocycles. The van der Waals surface area contributed by atoms with Gasteiger partial charge in [0.25, 0.3) is 5.91 Å². The average Bonchev–Trinajstić information content (AvgIpc) is 3.10. The van der Waals surface area contributed by atoms with Crippen molar-refractivity contribution in [2.24, 2.45) is 0 Å². The van der Waals surface area contributed by atoms with Crippen molar-refractivity contribution in [3.05, 3.63) is 48.2 Å². The number of pyridine rings is 1. The van der Waals surface area contributed by atoms with Gasteiger partial charge in [0, 0.05) is 24.1 Å². The number of benzene rings is 1. The van der Waals surface area contributed by atoms with Crippen molar-refractivity contribution in [3.8, 4) is 11.3 Å². The fourth-order valence-corrected chi connectivity index (χ4v) is 3.05. The van der Waals surface area contributed by atoms with Crippen LogP contribution in [0, 0.1) is 0 Å². The van der Waals surface area contributed by atoms with Gasteiger partial charge in [0.05, 0.1) is 22.8 Å². The summed E-state index contributed by atoms with van der Waals surface area (Å²) in [6.45, 7) is 5.82. The molecule has 1 atom stereocenters. The number of carboxylic acids is 1. The number of nitrogens with one attached hydrogen (secondary N) is 1. The molecule has 146 valence electrons. The Bertz CT molecular complexity index is 996. The zero-order valence-electron chi connectivity index (χ0n) is 16.2. The molecule has 28 heavy (non-hydrogen) atoms. The maximum absolute atomic E-state index is 13.0. The molecule has 7 nitrogen and oxygen atoms in total. The molecule has 0 aliphatic rings. The van der Waals surface area contributed by atoms with E-state index in [9.17, 15) is 9.59 Å². The molecule has 1 amide bonds. The fraction of sp³-hybridized carbons (Fsp3) is 0.333. The van der Waals surface area contributed by atoms with Crippen LogP contribution in [0.5, 0.6) is 0 Å². The third-order valence-electron chi connectivity index (χ3n) is 4.54. The van der Waals surface area contributed by atoms with E-state index in [1.54, 1.807) is 23.9 Å². The number of carbonyl (C=O) groups is 2.